The fourth-order valence-electron chi connectivity index (χ4n) is 2.53. The minimum Gasteiger partial charge on any atom is -0.465 e. The lowest BCUT2D eigenvalue weighted by Crippen LogP contribution is -2.04. The molecule has 110 valence electrons. The van der Waals surface area contributed by atoms with Gasteiger partial charge in [0.1, 0.15) is 0 Å². The number of carbonyl (C=O) groups excluding carboxylic acids is 1. The molecule has 3 rings (SSSR count). The van der Waals surface area contributed by atoms with Gasteiger partial charge in [0.2, 0.25) is 0 Å². The Bertz CT molecular complexity index is 797. The van der Waals surface area contributed by atoms with Crippen molar-refractivity contribution < 1.29 is 9.53 Å². The molecule has 0 unspecified atom stereocenters. The summed E-state index contributed by atoms with van der Waals surface area (Å²) in [5, 5.41) is 5.35. The highest BCUT2D eigenvalue weighted by Gasteiger charge is 2.12. The first-order valence-electron chi connectivity index (χ1n) is 7.17. The molecule has 0 atom stereocenters. The molecule has 3 nitrogen and oxygen atoms in total. The summed E-state index contributed by atoms with van der Waals surface area (Å²) in [7, 11) is 1.40. The molecule has 0 bridgehead atoms. The van der Waals surface area contributed by atoms with Crippen molar-refractivity contribution in [3.63, 3.8) is 0 Å². The van der Waals surface area contributed by atoms with Gasteiger partial charge in [-0.1, -0.05) is 54.6 Å². The van der Waals surface area contributed by atoms with Gasteiger partial charge in [0.15, 0.2) is 0 Å². The summed E-state index contributed by atoms with van der Waals surface area (Å²) in [6.45, 7) is 0.738. The van der Waals surface area contributed by atoms with Crippen LogP contribution >= 0.6 is 0 Å². The van der Waals surface area contributed by atoms with E-state index in [-0.39, 0.29) is 5.97 Å². The summed E-state index contributed by atoms with van der Waals surface area (Å²) in [5.74, 6) is -0.314. The van der Waals surface area contributed by atoms with Gasteiger partial charge in [0, 0.05) is 17.6 Å². The molecule has 3 heteroatoms. The maximum absolute atomic E-state index is 11.9. The highest BCUT2D eigenvalue weighted by molar-refractivity contribution is 6.08. The predicted octanol–water partition coefficient (Wildman–Crippen LogP) is 4.24. The first-order valence-corrected chi connectivity index (χ1v) is 7.17. The number of ether oxygens (including phenoxy) is 1. The molecule has 0 radical (unpaired) electrons. The van der Waals surface area contributed by atoms with E-state index in [0.29, 0.717) is 5.56 Å². The number of carbonyl (C=O) groups is 1. The molecule has 0 saturated carbocycles. The van der Waals surface area contributed by atoms with Crippen LogP contribution in [0.1, 0.15) is 15.9 Å². The molecule has 0 amide bonds. The van der Waals surface area contributed by atoms with E-state index < -0.39 is 0 Å². The van der Waals surface area contributed by atoms with E-state index >= 15 is 0 Å². The Morgan fingerprint density at radius 2 is 1.59 bits per heavy atom. The van der Waals surface area contributed by atoms with Crippen molar-refractivity contribution in [2.24, 2.45) is 0 Å². The van der Waals surface area contributed by atoms with Crippen LogP contribution in [0, 0.1) is 0 Å². The van der Waals surface area contributed by atoms with Gasteiger partial charge in [-0.3, -0.25) is 0 Å². The number of anilines is 1. The van der Waals surface area contributed by atoms with E-state index in [9.17, 15) is 4.79 Å². The average Bonchev–Trinajstić information content (AvgIpc) is 2.60. The SMILES string of the molecule is COC(=O)c1ccc(NCc2ccccc2)c2ccccc12. The van der Waals surface area contributed by atoms with Gasteiger partial charge in [0.25, 0.3) is 0 Å². The zero-order valence-corrected chi connectivity index (χ0v) is 12.4. The summed E-state index contributed by atoms with van der Waals surface area (Å²) < 4.78 is 4.85. The molecule has 0 aromatic heterocycles. The third-order valence-electron chi connectivity index (χ3n) is 3.66. The van der Waals surface area contributed by atoms with E-state index in [1.807, 2.05) is 54.6 Å². The standard InChI is InChI=1S/C19H17NO2/c1-22-19(21)17-11-12-18(16-10-6-5-9-15(16)17)20-13-14-7-3-2-4-8-14/h2-12,20H,13H2,1H3. The molecule has 0 saturated heterocycles. The summed E-state index contributed by atoms with van der Waals surface area (Å²) >= 11 is 0. The quantitative estimate of drug-likeness (QED) is 0.731. The van der Waals surface area contributed by atoms with Crippen molar-refractivity contribution in [2.75, 3.05) is 12.4 Å². The van der Waals surface area contributed by atoms with Crippen LogP contribution in [-0.4, -0.2) is 13.1 Å². The molecule has 3 aromatic carbocycles. The number of benzene rings is 3. The fourth-order valence-corrected chi connectivity index (χ4v) is 2.53. The largest absolute Gasteiger partial charge is 0.465 e. The normalized spacial score (nSPS) is 10.4. The highest BCUT2D eigenvalue weighted by Crippen LogP contribution is 2.27. The van der Waals surface area contributed by atoms with Crippen LogP contribution in [0.3, 0.4) is 0 Å². The van der Waals surface area contributed by atoms with Gasteiger partial charge >= 0.3 is 5.97 Å². The maximum atomic E-state index is 11.9. The topological polar surface area (TPSA) is 38.3 Å². The third-order valence-corrected chi connectivity index (χ3v) is 3.66. The van der Waals surface area contributed by atoms with Crippen molar-refractivity contribution >= 4 is 22.4 Å². The average molecular weight is 291 g/mol. The van der Waals surface area contributed by atoms with Crippen LogP contribution in [0.4, 0.5) is 5.69 Å². The first kappa shape index (κ1) is 14.1. The van der Waals surface area contributed by atoms with Crippen LogP contribution in [0.2, 0.25) is 0 Å². The van der Waals surface area contributed by atoms with Crippen molar-refractivity contribution in [3.8, 4) is 0 Å². The number of rotatable bonds is 4. The van der Waals surface area contributed by atoms with Crippen LogP contribution in [0.15, 0.2) is 66.7 Å². The van der Waals surface area contributed by atoms with E-state index in [2.05, 4.69) is 17.4 Å². The number of nitrogens with one attached hydrogen (secondary N) is 1. The van der Waals surface area contributed by atoms with Crippen LogP contribution in [-0.2, 0) is 11.3 Å². The van der Waals surface area contributed by atoms with Crippen LogP contribution in [0.25, 0.3) is 10.8 Å². The maximum Gasteiger partial charge on any atom is 0.338 e. The van der Waals surface area contributed by atoms with Crippen molar-refractivity contribution in [1.82, 2.24) is 0 Å². The summed E-state index contributed by atoms with van der Waals surface area (Å²) in [5.41, 5.74) is 2.80. The second kappa shape index (κ2) is 6.31. The molecule has 22 heavy (non-hydrogen) atoms. The minimum absolute atomic E-state index is 0.314. The molecule has 0 aliphatic rings. The molecule has 0 aliphatic carbocycles. The number of hydrogen-bond donors (Lipinski definition) is 1. The Labute approximate surface area is 129 Å². The van der Waals surface area contributed by atoms with Gasteiger partial charge < -0.3 is 10.1 Å². The molecule has 0 heterocycles. The van der Waals surface area contributed by atoms with E-state index in [0.717, 1.165) is 23.0 Å². The predicted molar refractivity (Wildman–Crippen MR) is 89.1 cm³/mol. The third kappa shape index (κ3) is 2.79. The smallest absolute Gasteiger partial charge is 0.338 e. The monoisotopic (exact) mass is 291 g/mol. The molecular weight excluding hydrogens is 274 g/mol. The molecule has 0 spiro atoms. The molecule has 0 fully saturated rings. The lowest BCUT2D eigenvalue weighted by molar-refractivity contribution is 0.0603. The van der Waals surface area contributed by atoms with E-state index in [4.69, 9.17) is 4.74 Å². The lowest BCUT2D eigenvalue weighted by Gasteiger charge is -2.12. The zero-order valence-electron chi connectivity index (χ0n) is 12.4. The molecule has 3 aromatic rings. The first-order chi connectivity index (χ1) is 10.8. The van der Waals surface area contributed by atoms with Crippen molar-refractivity contribution in [3.05, 3.63) is 77.9 Å². The Hall–Kier alpha value is -2.81. The summed E-state index contributed by atoms with van der Waals surface area (Å²) in [6.07, 6.45) is 0. The van der Waals surface area contributed by atoms with Crippen LogP contribution < -0.4 is 5.32 Å². The fraction of sp³-hybridized carbons (Fsp3) is 0.105. The van der Waals surface area contributed by atoms with E-state index in [1.54, 1.807) is 0 Å². The second-order valence-electron chi connectivity index (χ2n) is 5.04. The summed E-state index contributed by atoms with van der Waals surface area (Å²) in [6, 6.07) is 21.8. The molecule has 0 aliphatic heterocycles. The number of fused-ring (bicyclic) bond motifs is 1. The Morgan fingerprint density at radius 3 is 2.32 bits per heavy atom. The number of esters is 1. The second-order valence-corrected chi connectivity index (χ2v) is 5.04. The minimum atomic E-state index is -0.314. The van der Waals surface area contributed by atoms with Gasteiger partial charge in [0.05, 0.1) is 12.7 Å². The molecule has 1 N–H and O–H groups in total. The lowest BCUT2D eigenvalue weighted by atomic mass is 10.0. The van der Waals surface area contributed by atoms with Crippen molar-refractivity contribution in [1.29, 1.82) is 0 Å². The van der Waals surface area contributed by atoms with Crippen molar-refractivity contribution in [2.45, 2.75) is 6.54 Å². The Balaban J connectivity index is 1.96. The van der Waals surface area contributed by atoms with Gasteiger partial charge in [-0.05, 0) is 23.1 Å². The molecular formula is C19H17NO2. The van der Waals surface area contributed by atoms with Crippen LogP contribution in [0.5, 0.6) is 0 Å². The number of methoxy groups -OCH3 is 1. The van der Waals surface area contributed by atoms with Gasteiger partial charge in [-0.25, -0.2) is 4.79 Å². The zero-order chi connectivity index (χ0) is 15.4. The Morgan fingerprint density at radius 1 is 0.909 bits per heavy atom. The highest BCUT2D eigenvalue weighted by atomic mass is 16.5. The van der Waals surface area contributed by atoms with E-state index in [1.165, 1.54) is 12.7 Å². The van der Waals surface area contributed by atoms with Gasteiger partial charge in [-0.2, -0.15) is 0 Å². The Kier molecular flexibility index (Phi) is 4.05. The van der Waals surface area contributed by atoms with Gasteiger partial charge in [-0.15, -0.1) is 0 Å². The number of hydrogen-bond acceptors (Lipinski definition) is 3. The summed E-state index contributed by atoms with van der Waals surface area (Å²) in [4.78, 5) is 11.9.